The minimum absolute atomic E-state index is 0.0490. The number of amides is 1. The summed E-state index contributed by atoms with van der Waals surface area (Å²) in [6.07, 6.45) is 1.79. The molecule has 1 unspecified atom stereocenters. The van der Waals surface area contributed by atoms with E-state index in [2.05, 4.69) is 64.1 Å². The number of nitrogens with zero attached hydrogens (tertiary/aromatic N) is 1. The molecule has 1 rings (SSSR count). The van der Waals surface area contributed by atoms with Crippen molar-refractivity contribution in [3.05, 3.63) is 16.6 Å². The molecule has 1 aromatic rings. The Morgan fingerprint density at radius 2 is 1.86 bits per heavy atom. The predicted octanol–water partition coefficient (Wildman–Crippen LogP) is 3.20. The Hall–Kier alpha value is -0.940. The molecule has 1 heterocycles. The quantitative estimate of drug-likeness (QED) is 0.878. The van der Waals surface area contributed by atoms with Gasteiger partial charge in [-0.2, -0.15) is 0 Å². The van der Waals surface area contributed by atoms with E-state index in [4.69, 9.17) is 0 Å². The fourth-order valence-electron chi connectivity index (χ4n) is 1.84. The molecule has 2 N–H and O–H groups in total. The van der Waals surface area contributed by atoms with Gasteiger partial charge in [0.2, 0.25) is 5.91 Å². The molecule has 0 fully saturated rings. The lowest BCUT2D eigenvalue weighted by Crippen LogP contribution is -2.55. The third-order valence-electron chi connectivity index (χ3n) is 3.73. The van der Waals surface area contributed by atoms with Crippen LogP contribution in [0.1, 0.15) is 53.5 Å². The van der Waals surface area contributed by atoms with Crippen LogP contribution >= 0.6 is 11.3 Å². The average Bonchev–Trinajstić information content (AvgIpc) is 2.78. The summed E-state index contributed by atoms with van der Waals surface area (Å²) >= 11 is 1.60. The molecule has 0 radical (unpaired) electrons. The zero-order chi connectivity index (χ0) is 16.3. The molecule has 2 atom stereocenters. The van der Waals surface area contributed by atoms with E-state index in [1.54, 1.807) is 17.5 Å². The second-order valence-corrected chi connectivity index (χ2v) is 8.68. The SMILES string of the molecule is CC(NC(=O)[C@@H](NCc1nccs1)C(C)(C)C)C(C)(C)C. The molecule has 1 amide bonds. The van der Waals surface area contributed by atoms with Gasteiger partial charge in [-0.15, -0.1) is 11.3 Å². The molecule has 0 aromatic carbocycles. The molecule has 120 valence electrons. The maximum Gasteiger partial charge on any atom is 0.237 e. The lowest BCUT2D eigenvalue weighted by Gasteiger charge is -2.34. The summed E-state index contributed by atoms with van der Waals surface area (Å²) in [5, 5.41) is 9.44. The third kappa shape index (κ3) is 5.75. The van der Waals surface area contributed by atoms with Crippen LogP contribution < -0.4 is 10.6 Å². The maximum absolute atomic E-state index is 12.6. The first-order valence-corrected chi connectivity index (χ1v) is 8.32. The first-order valence-electron chi connectivity index (χ1n) is 7.44. The molecule has 0 bridgehead atoms. The maximum atomic E-state index is 12.6. The van der Waals surface area contributed by atoms with Crippen LogP contribution in [-0.4, -0.2) is 23.0 Å². The van der Waals surface area contributed by atoms with Gasteiger partial charge in [0.25, 0.3) is 0 Å². The van der Waals surface area contributed by atoms with Gasteiger partial charge in [0.15, 0.2) is 0 Å². The Balaban J connectivity index is 2.71. The van der Waals surface area contributed by atoms with Crippen molar-refractivity contribution >= 4 is 17.2 Å². The average molecular weight is 311 g/mol. The molecule has 1 aromatic heterocycles. The van der Waals surface area contributed by atoms with Crippen LogP contribution in [0.25, 0.3) is 0 Å². The van der Waals surface area contributed by atoms with E-state index in [0.29, 0.717) is 6.54 Å². The molecular formula is C16H29N3OS. The molecule has 5 heteroatoms. The fourth-order valence-corrected chi connectivity index (χ4v) is 2.40. The summed E-state index contributed by atoms with van der Waals surface area (Å²) in [5.74, 6) is 0.0569. The lowest BCUT2D eigenvalue weighted by molar-refractivity contribution is -0.127. The first kappa shape index (κ1) is 18.1. The molecule has 0 aliphatic heterocycles. The number of carbonyl (C=O) groups excluding carboxylic acids is 1. The van der Waals surface area contributed by atoms with Crippen molar-refractivity contribution < 1.29 is 4.79 Å². The largest absolute Gasteiger partial charge is 0.352 e. The highest BCUT2D eigenvalue weighted by Gasteiger charge is 2.33. The number of rotatable bonds is 5. The first-order chi connectivity index (χ1) is 9.51. The molecule has 21 heavy (non-hydrogen) atoms. The van der Waals surface area contributed by atoms with Crippen LogP contribution in [0, 0.1) is 10.8 Å². The van der Waals surface area contributed by atoms with Crippen molar-refractivity contribution in [3.63, 3.8) is 0 Å². The smallest absolute Gasteiger partial charge is 0.237 e. The predicted molar refractivity (Wildman–Crippen MR) is 89.3 cm³/mol. The van der Waals surface area contributed by atoms with E-state index in [1.807, 2.05) is 5.38 Å². The van der Waals surface area contributed by atoms with Gasteiger partial charge < -0.3 is 5.32 Å². The van der Waals surface area contributed by atoms with Crippen molar-refractivity contribution in [2.75, 3.05) is 0 Å². The van der Waals surface area contributed by atoms with Gasteiger partial charge in [-0.1, -0.05) is 41.5 Å². The number of thiazole rings is 1. The van der Waals surface area contributed by atoms with E-state index < -0.39 is 0 Å². The number of hydrogen-bond donors (Lipinski definition) is 2. The van der Waals surface area contributed by atoms with Crippen LogP contribution in [0.5, 0.6) is 0 Å². The summed E-state index contributed by atoms with van der Waals surface area (Å²) < 4.78 is 0. The summed E-state index contributed by atoms with van der Waals surface area (Å²) in [6, 6.07) is -0.122. The minimum Gasteiger partial charge on any atom is -0.352 e. The van der Waals surface area contributed by atoms with E-state index in [1.165, 1.54) is 0 Å². The second-order valence-electron chi connectivity index (χ2n) is 7.70. The molecule has 0 aliphatic carbocycles. The standard InChI is InChI=1S/C16H29N3OS/c1-11(15(2,3)4)19-14(20)13(16(5,6)7)18-10-12-17-8-9-21-12/h8-9,11,13,18H,10H2,1-7H3,(H,19,20)/t11?,13-/m1/s1. The van der Waals surface area contributed by atoms with Crippen LogP contribution in [0.4, 0.5) is 0 Å². The van der Waals surface area contributed by atoms with Crippen LogP contribution in [0.3, 0.4) is 0 Å². The number of nitrogens with one attached hydrogen (secondary N) is 2. The van der Waals surface area contributed by atoms with Crippen LogP contribution in [0.15, 0.2) is 11.6 Å². The minimum atomic E-state index is -0.244. The highest BCUT2D eigenvalue weighted by molar-refractivity contribution is 7.09. The van der Waals surface area contributed by atoms with Gasteiger partial charge in [0.05, 0.1) is 6.04 Å². The van der Waals surface area contributed by atoms with Gasteiger partial charge in [0.1, 0.15) is 5.01 Å². The molecule has 0 saturated carbocycles. The Morgan fingerprint density at radius 1 is 1.24 bits per heavy atom. The lowest BCUT2D eigenvalue weighted by atomic mass is 9.84. The van der Waals surface area contributed by atoms with Crippen molar-refractivity contribution in [1.82, 2.24) is 15.6 Å². The Kier molecular flexibility index (Phi) is 5.93. The number of hydrogen-bond acceptors (Lipinski definition) is 4. The topological polar surface area (TPSA) is 54.0 Å². The van der Waals surface area contributed by atoms with Crippen LogP contribution in [-0.2, 0) is 11.3 Å². The van der Waals surface area contributed by atoms with E-state index in [0.717, 1.165) is 5.01 Å². The fraction of sp³-hybridized carbons (Fsp3) is 0.750. The molecule has 0 saturated heterocycles. The van der Waals surface area contributed by atoms with E-state index in [-0.39, 0.29) is 28.8 Å². The molecule has 0 spiro atoms. The zero-order valence-corrected chi connectivity index (χ0v) is 15.1. The Morgan fingerprint density at radius 3 is 2.29 bits per heavy atom. The van der Waals surface area contributed by atoms with Crippen molar-refractivity contribution in [2.45, 2.75) is 67.1 Å². The van der Waals surface area contributed by atoms with Gasteiger partial charge in [-0.3, -0.25) is 10.1 Å². The van der Waals surface area contributed by atoms with Gasteiger partial charge in [0, 0.05) is 24.2 Å². The Labute approximate surface area is 132 Å². The normalized spacial score (nSPS) is 15.6. The van der Waals surface area contributed by atoms with E-state index in [9.17, 15) is 4.79 Å². The molecular weight excluding hydrogens is 282 g/mol. The molecule has 4 nitrogen and oxygen atoms in total. The van der Waals surface area contributed by atoms with E-state index >= 15 is 0 Å². The summed E-state index contributed by atoms with van der Waals surface area (Å²) in [4.78, 5) is 16.9. The summed E-state index contributed by atoms with van der Waals surface area (Å²) in [5.41, 5.74) is -0.105. The third-order valence-corrected chi connectivity index (χ3v) is 4.51. The number of aromatic nitrogens is 1. The van der Waals surface area contributed by atoms with Gasteiger partial charge in [-0.25, -0.2) is 4.98 Å². The summed E-state index contributed by atoms with van der Waals surface area (Å²) in [7, 11) is 0. The van der Waals surface area contributed by atoms with Crippen molar-refractivity contribution in [1.29, 1.82) is 0 Å². The summed E-state index contributed by atoms with van der Waals surface area (Å²) in [6.45, 7) is 15.3. The van der Waals surface area contributed by atoms with Crippen LogP contribution in [0.2, 0.25) is 0 Å². The highest BCUT2D eigenvalue weighted by atomic mass is 32.1. The Bertz CT molecular complexity index is 443. The highest BCUT2D eigenvalue weighted by Crippen LogP contribution is 2.23. The second kappa shape index (κ2) is 6.88. The number of carbonyl (C=O) groups is 1. The van der Waals surface area contributed by atoms with Crippen molar-refractivity contribution in [2.24, 2.45) is 10.8 Å². The molecule has 0 aliphatic rings. The monoisotopic (exact) mass is 311 g/mol. The van der Waals surface area contributed by atoms with Crippen molar-refractivity contribution in [3.8, 4) is 0 Å². The van der Waals surface area contributed by atoms with Gasteiger partial charge in [-0.05, 0) is 17.8 Å². The zero-order valence-electron chi connectivity index (χ0n) is 14.3. The van der Waals surface area contributed by atoms with Gasteiger partial charge >= 0.3 is 0 Å².